The summed E-state index contributed by atoms with van der Waals surface area (Å²) in [5.41, 5.74) is 2.95. The van der Waals surface area contributed by atoms with Crippen LogP contribution in [0.5, 0.6) is 5.75 Å². The molecule has 0 saturated carbocycles. The average molecular weight is 392 g/mol. The largest absolute Gasteiger partial charge is 0.497 e. The second kappa shape index (κ2) is 7.67. The molecule has 0 bridgehead atoms. The van der Waals surface area contributed by atoms with E-state index in [1.807, 2.05) is 24.3 Å². The Hall–Kier alpha value is -3.81. The van der Waals surface area contributed by atoms with Gasteiger partial charge in [0, 0.05) is 18.7 Å². The summed E-state index contributed by atoms with van der Waals surface area (Å²) in [5, 5.41) is 12.1. The van der Waals surface area contributed by atoms with E-state index < -0.39 is 12.0 Å². The number of H-pyrrole nitrogens is 1. The molecule has 1 aromatic heterocycles. The molecule has 0 fully saturated rings. The van der Waals surface area contributed by atoms with Crippen molar-refractivity contribution in [3.05, 3.63) is 77.4 Å². The number of carboxylic acid groups (broad SMARTS) is 1. The average Bonchev–Trinajstić information content (AvgIpc) is 3.22. The first kappa shape index (κ1) is 18.5. The number of fused-ring (bicyclic) bond motifs is 1. The van der Waals surface area contributed by atoms with E-state index in [4.69, 9.17) is 4.74 Å². The number of rotatable bonds is 4. The molecule has 8 nitrogen and oxygen atoms in total. The Balaban J connectivity index is 1.68. The van der Waals surface area contributed by atoms with Crippen LogP contribution in [0.2, 0.25) is 0 Å². The van der Waals surface area contributed by atoms with Crippen LogP contribution < -0.4 is 10.1 Å². The summed E-state index contributed by atoms with van der Waals surface area (Å²) in [5.74, 6) is -0.376. The lowest BCUT2D eigenvalue weighted by Gasteiger charge is -2.35. The number of hydrogen-bond donors (Lipinski definition) is 3. The van der Waals surface area contributed by atoms with Crippen LogP contribution in [-0.4, -0.2) is 45.6 Å². The van der Waals surface area contributed by atoms with E-state index in [2.05, 4.69) is 15.3 Å². The van der Waals surface area contributed by atoms with Gasteiger partial charge in [0.15, 0.2) is 0 Å². The van der Waals surface area contributed by atoms with E-state index in [1.54, 1.807) is 36.5 Å². The predicted molar refractivity (Wildman–Crippen MR) is 106 cm³/mol. The van der Waals surface area contributed by atoms with Crippen LogP contribution in [-0.2, 0) is 6.42 Å². The molecule has 2 aromatic carbocycles. The van der Waals surface area contributed by atoms with Crippen LogP contribution in [0.25, 0.3) is 0 Å². The lowest BCUT2D eigenvalue weighted by atomic mass is 9.96. The summed E-state index contributed by atoms with van der Waals surface area (Å²) < 4.78 is 5.23. The molecule has 8 heteroatoms. The quantitative estimate of drug-likeness (QED) is 0.631. The topological polar surface area (TPSA) is 108 Å². The number of benzene rings is 2. The number of aromatic nitrogens is 2. The lowest BCUT2D eigenvalue weighted by Crippen LogP contribution is -2.43. The first-order chi connectivity index (χ1) is 14.1. The maximum absolute atomic E-state index is 13.1. The highest BCUT2D eigenvalue weighted by molar-refractivity contribution is 6.00. The number of aromatic amines is 1. The van der Waals surface area contributed by atoms with Gasteiger partial charge < -0.3 is 25.0 Å². The molecule has 1 aliphatic rings. The number of ether oxygens (including phenoxy) is 1. The fourth-order valence-electron chi connectivity index (χ4n) is 3.58. The van der Waals surface area contributed by atoms with E-state index in [0.717, 1.165) is 22.7 Å². The normalized spacial score (nSPS) is 15.5. The van der Waals surface area contributed by atoms with Crippen LogP contribution in [0.4, 0.5) is 10.5 Å². The van der Waals surface area contributed by atoms with E-state index in [9.17, 15) is 14.7 Å². The van der Waals surface area contributed by atoms with Crippen LogP contribution >= 0.6 is 0 Å². The van der Waals surface area contributed by atoms with Crippen molar-refractivity contribution in [2.24, 2.45) is 0 Å². The van der Waals surface area contributed by atoms with Crippen molar-refractivity contribution in [1.82, 2.24) is 14.9 Å². The summed E-state index contributed by atoms with van der Waals surface area (Å²) in [4.78, 5) is 33.9. The number of hydrogen-bond acceptors (Lipinski definition) is 4. The molecule has 1 atom stereocenters. The second-order valence-electron chi connectivity index (χ2n) is 6.67. The zero-order valence-corrected chi connectivity index (χ0v) is 15.8. The Morgan fingerprint density at radius 1 is 1.21 bits per heavy atom. The number of amides is 2. The van der Waals surface area contributed by atoms with Crippen LogP contribution in [0.1, 0.15) is 33.4 Å². The first-order valence-corrected chi connectivity index (χ1v) is 9.14. The highest BCUT2D eigenvalue weighted by Crippen LogP contribution is 2.34. The smallest absolute Gasteiger partial charge is 0.337 e. The number of nitrogens with one attached hydrogen (secondary N) is 2. The molecule has 0 radical (unpaired) electrons. The number of anilines is 1. The van der Waals surface area contributed by atoms with E-state index in [1.165, 1.54) is 6.07 Å². The molecule has 1 unspecified atom stereocenters. The van der Waals surface area contributed by atoms with Crippen molar-refractivity contribution in [3.8, 4) is 5.75 Å². The van der Waals surface area contributed by atoms with Gasteiger partial charge in [0.2, 0.25) is 0 Å². The fourth-order valence-corrected chi connectivity index (χ4v) is 3.58. The molecule has 29 heavy (non-hydrogen) atoms. The minimum atomic E-state index is -1.10. The molecule has 148 valence electrons. The molecular formula is C21H20N4O4. The lowest BCUT2D eigenvalue weighted by molar-refractivity contribution is 0.0698. The maximum Gasteiger partial charge on any atom is 0.337 e. The van der Waals surface area contributed by atoms with Crippen molar-refractivity contribution in [3.63, 3.8) is 0 Å². The highest BCUT2D eigenvalue weighted by atomic mass is 16.5. The highest BCUT2D eigenvalue weighted by Gasteiger charge is 2.34. The molecule has 3 N–H and O–H groups in total. The van der Waals surface area contributed by atoms with Gasteiger partial charge in [0.1, 0.15) is 11.8 Å². The molecule has 0 saturated heterocycles. The predicted octanol–water partition coefficient (Wildman–Crippen LogP) is 3.30. The standard InChI is InChI=1S/C21H20N4O4/c1-29-14-8-6-13(7-9-14)19-18-17(22-12-23-18)10-11-25(19)21(28)24-16-5-3-2-4-15(16)20(26)27/h2-9,12,19H,10-11H2,1H3,(H,22,23)(H,24,28)(H,26,27). The van der Waals surface area contributed by atoms with E-state index in [-0.39, 0.29) is 17.3 Å². The maximum atomic E-state index is 13.1. The van der Waals surface area contributed by atoms with Gasteiger partial charge in [-0.15, -0.1) is 0 Å². The van der Waals surface area contributed by atoms with Gasteiger partial charge in [-0.1, -0.05) is 24.3 Å². The molecule has 1 aliphatic heterocycles. The molecular weight excluding hydrogens is 372 g/mol. The Kier molecular flexibility index (Phi) is 4.90. The number of carboxylic acids is 1. The van der Waals surface area contributed by atoms with Crippen molar-refractivity contribution >= 4 is 17.7 Å². The number of carbonyl (C=O) groups is 2. The monoisotopic (exact) mass is 392 g/mol. The molecule has 0 aliphatic carbocycles. The summed E-state index contributed by atoms with van der Waals surface area (Å²) in [6, 6.07) is 13.0. The molecule has 2 heterocycles. The molecule has 4 rings (SSSR count). The van der Waals surface area contributed by atoms with Gasteiger partial charge in [0.25, 0.3) is 0 Å². The zero-order chi connectivity index (χ0) is 20.4. The SMILES string of the molecule is COc1ccc(C2c3nc[nH]c3CCN2C(=O)Nc2ccccc2C(=O)O)cc1. The second-order valence-corrected chi connectivity index (χ2v) is 6.67. The summed E-state index contributed by atoms with van der Waals surface area (Å²) in [6.45, 7) is 0.465. The van der Waals surface area contributed by atoms with Gasteiger partial charge in [0.05, 0.1) is 30.4 Å². The van der Waals surface area contributed by atoms with Crippen molar-refractivity contribution < 1.29 is 19.4 Å². The van der Waals surface area contributed by atoms with Crippen molar-refractivity contribution in [1.29, 1.82) is 0 Å². The Bertz CT molecular complexity index is 1040. The first-order valence-electron chi connectivity index (χ1n) is 9.14. The van der Waals surface area contributed by atoms with E-state index in [0.29, 0.717) is 13.0 Å². The minimum absolute atomic E-state index is 0.0410. The Morgan fingerprint density at radius 2 is 1.97 bits per heavy atom. The van der Waals surface area contributed by atoms with Crippen molar-refractivity contribution in [2.45, 2.75) is 12.5 Å². The third-order valence-corrected chi connectivity index (χ3v) is 5.02. The Morgan fingerprint density at radius 3 is 2.69 bits per heavy atom. The Labute approximate surface area is 167 Å². The van der Waals surface area contributed by atoms with Gasteiger partial charge in [-0.2, -0.15) is 0 Å². The minimum Gasteiger partial charge on any atom is -0.497 e. The molecule has 2 amide bonds. The van der Waals surface area contributed by atoms with Gasteiger partial charge in [-0.05, 0) is 29.8 Å². The van der Waals surface area contributed by atoms with Crippen LogP contribution in [0, 0.1) is 0 Å². The number of methoxy groups -OCH3 is 1. The van der Waals surface area contributed by atoms with Crippen LogP contribution in [0.15, 0.2) is 54.9 Å². The zero-order valence-electron chi connectivity index (χ0n) is 15.8. The van der Waals surface area contributed by atoms with Gasteiger partial charge in [-0.25, -0.2) is 14.6 Å². The molecule has 0 spiro atoms. The third kappa shape index (κ3) is 3.52. The number of carbonyl (C=O) groups excluding carboxylic acids is 1. The van der Waals surface area contributed by atoms with Crippen molar-refractivity contribution in [2.75, 3.05) is 19.0 Å². The third-order valence-electron chi connectivity index (χ3n) is 5.02. The summed E-state index contributed by atoms with van der Waals surface area (Å²) in [7, 11) is 1.60. The fraction of sp³-hybridized carbons (Fsp3) is 0.190. The van der Waals surface area contributed by atoms with Gasteiger partial charge in [-0.3, -0.25) is 0 Å². The number of aromatic carboxylic acids is 1. The summed E-state index contributed by atoms with van der Waals surface area (Å²) >= 11 is 0. The van der Waals surface area contributed by atoms with E-state index >= 15 is 0 Å². The number of para-hydroxylation sites is 1. The number of urea groups is 1. The number of nitrogens with zero attached hydrogens (tertiary/aromatic N) is 2. The van der Waals surface area contributed by atoms with Gasteiger partial charge >= 0.3 is 12.0 Å². The number of imidazole rings is 1. The van der Waals surface area contributed by atoms with Crippen LogP contribution in [0.3, 0.4) is 0 Å². The summed E-state index contributed by atoms with van der Waals surface area (Å²) in [6.07, 6.45) is 2.26. The molecule has 3 aromatic rings.